The molecule has 0 bridgehead atoms. The Morgan fingerprint density at radius 3 is 2.65 bits per heavy atom. The van der Waals surface area contributed by atoms with Crippen molar-refractivity contribution in [2.24, 2.45) is 0 Å². The molecule has 4 aromatic rings. The Hall–Kier alpha value is -4.24. The summed E-state index contributed by atoms with van der Waals surface area (Å²) in [7, 11) is 1.62. The Balaban J connectivity index is 1.26. The third-order valence-corrected chi connectivity index (χ3v) is 5.44. The van der Waals surface area contributed by atoms with Gasteiger partial charge in [0.25, 0.3) is 5.91 Å². The Bertz CT molecular complexity index is 1240. The first kappa shape index (κ1) is 21.6. The van der Waals surface area contributed by atoms with Gasteiger partial charge in [-0.3, -0.25) is 4.79 Å². The molecule has 1 amide bonds. The van der Waals surface area contributed by atoms with Crippen LogP contribution in [0, 0.1) is 0 Å². The van der Waals surface area contributed by atoms with Crippen molar-refractivity contribution >= 4 is 5.91 Å². The van der Waals surface area contributed by atoms with Crippen molar-refractivity contribution < 1.29 is 19.0 Å². The summed E-state index contributed by atoms with van der Waals surface area (Å²) in [5, 5.41) is 4.16. The van der Waals surface area contributed by atoms with Crippen molar-refractivity contribution in [3.8, 4) is 23.2 Å². The summed E-state index contributed by atoms with van der Waals surface area (Å²) in [6, 6.07) is 18.2. The lowest BCUT2D eigenvalue weighted by Gasteiger charge is -2.32. The number of hydrogen-bond donors (Lipinski definition) is 0. The first-order chi connectivity index (χ1) is 16.7. The zero-order valence-electron chi connectivity index (χ0n) is 18.6. The van der Waals surface area contributed by atoms with Gasteiger partial charge >= 0.3 is 0 Å². The number of morpholine rings is 1. The van der Waals surface area contributed by atoms with E-state index in [1.165, 1.54) is 0 Å². The fourth-order valence-corrected chi connectivity index (χ4v) is 3.68. The average Bonchev–Trinajstić information content (AvgIpc) is 3.44. The van der Waals surface area contributed by atoms with E-state index < -0.39 is 0 Å². The molecule has 1 aliphatic heterocycles. The molecule has 1 fully saturated rings. The van der Waals surface area contributed by atoms with Gasteiger partial charge in [-0.25, -0.2) is 14.6 Å². The molecule has 9 nitrogen and oxygen atoms in total. The van der Waals surface area contributed by atoms with E-state index in [4.69, 9.17) is 14.2 Å². The monoisotopic (exact) mass is 457 g/mol. The van der Waals surface area contributed by atoms with Gasteiger partial charge in [0.15, 0.2) is 5.82 Å². The standard InChI is InChI=1S/C25H23N5O4/c1-32-19-7-9-20(10-8-19)34-24-5-2-4-21(28-24)22-17-29(14-15-33-22)25(31)18-6-11-23(26-16-18)30-13-3-12-27-30/h2-13,16,22H,14-15,17H2,1H3. The lowest BCUT2D eigenvalue weighted by Crippen LogP contribution is -2.42. The molecule has 5 rings (SSSR count). The van der Waals surface area contributed by atoms with Gasteiger partial charge in [-0.05, 0) is 48.5 Å². The lowest BCUT2D eigenvalue weighted by atomic mass is 10.1. The van der Waals surface area contributed by atoms with Crippen molar-refractivity contribution in [2.45, 2.75) is 6.10 Å². The minimum Gasteiger partial charge on any atom is -0.497 e. The molecule has 0 aliphatic carbocycles. The highest BCUT2D eigenvalue weighted by molar-refractivity contribution is 5.94. The summed E-state index contributed by atoms with van der Waals surface area (Å²) in [4.78, 5) is 23.8. The Kier molecular flexibility index (Phi) is 6.17. The number of benzene rings is 1. The molecule has 3 aromatic heterocycles. The topological polar surface area (TPSA) is 91.6 Å². The van der Waals surface area contributed by atoms with Crippen LogP contribution in [0.4, 0.5) is 0 Å². The van der Waals surface area contributed by atoms with Crippen molar-refractivity contribution in [1.82, 2.24) is 24.6 Å². The van der Waals surface area contributed by atoms with E-state index in [-0.39, 0.29) is 12.0 Å². The van der Waals surface area contributed by atoms with Crippen LogP contribution in [0.25, 0.3) is 5.82 Å². The van der Waals surface area contributed by atoms with Gasteiger partial charge < -0.3 is 19.1 Å². The largest absolute Gasteiger partial charge is 0.497 e. The number of carbonyl (C=O) groups excluding carboxylic acids is 1. The van der Waals surface area contributed by atoms with E-state index >= 15 is 0 Å². The average molecular weight is 457 g/mol. The highest BCUT2D eigenvalue weighted by Crippen LogP contribution is 2.26. The first-order valence-corrected chi connectivity index (χ1v) is 10.9. The van der Waals surface area contributed by atoms with E-state index in [1.807, 2.05) is 42.5 Å². The summed E-state index contributed by atoms with van der Waals surface area (Å²) in [6.07, 6.45) is 4.70. The zero-order chi connectivity index (χ0) is 23.3. The van der Waals surface area contributed by atoms with Gasteiger partial charge in [0.2, 0.25) is 5.88 Å². The quantitative estimate of drug-likeness (QED) is 0.436. The van der Waals surface area contributed by atoms with Crippen LogP contribution < -0.4 is 9.47 Å². The zero-order valence-corrected chi connectivity index (χ0v) is 18.6. The van der Waals surface area contributed by atoms with Crippen LogP contribution in [-0.4, -0.2) is 57.4 Å². The number of hydrogen-bond acceptors (Lipinski definition) is 7. The summed E-state index contributed by atoms with van der Waals surface area (Å²) >= 11 is 0. The molecule has 1 unspecified atom stereocenters. The van der Waals surface area contributed by atoms with Gasteiger partial charge in [-0.2, -0.15) is 5.10 Å². The molecule has 1 atom stereocenters. The van der Waals surface area contributed by atoms with Crippen molar-refractivity contribution in [3.63, 3.8) is 0 Å². The van der Waals surface area contributed by atoms with Crippen LogP contribution >= 0.6 is 0 Å². The lowest BCUT2D eigenvalue weighted by molar-refractivity contribution is -0.0248. The SMILES string of the molecule is COc1ccc(Oc2cccc(C3CN(C(=O)c4ccc(-n5cccn5)nc4)CCO3)n2)cc1. The number of amides is 1. The fraction of sp³-hybridized carbons (Fsp3) is 0.200. The minimum absolute atomic E-state index is 0.0987. The van der Waals surface area contributed by atoms with Crippen molar-refractivity contribution in [2.75, 3.05) is 26.8 Å². The molecule has 1 aliphatic rings. The van der Waals surface area contributed by atoms with E-state index in [0.29, 0.717) is 48.4 Å². The number of aromatic nitrogens is 4. The van der Waals surface area contributed by atoms with Gasteiger partial charge in [0.1, 0.15) is 17.6 Å². The summed E-state index contributed by atoms with van der Waals surface area (Å²) in [5.41, 5.74) is 1.22. The van der Waals surface area contributed by atoms with Gasteiger partial charge in [0, 0.05) is 31.2 Å². The molecule has 1 aromatic carbocycles. The molecule has 4 heterocycles. The van der Waals surface area contributed by atoms with Crippen LogP contribution in [-0.2, 0) is 4.74 Å². The summed E-state index contributed by atoms with van der Waals surface area (Å²) in [5.74, 6) is 2.41. The van der Waals surface area contributed by atoms with Crippen LogP contribution in [0.15, 0.2) is 79.3 Å². The molecular weight excluding hydrogens is 434 g/mol. The third kappa shape index (κ3) is 4.74. The number of rotatable bonds is 6. The molecule has 0 saturated carbocycles. The van der Waals surface area contributed by atoms with E-state index in [2.05, 4.69) is 15.1 Å². The van der Waals surface area contributed by atoms with Crippen LogP contribution in [0.1, 0.15) is 22.2 Å². The molecule has 9 heteroatoms. The maximum atomic E-state index is 13.1. The highest BCUT2D eigenvalue weighted by Gasteiger charge is 2.27. The molecular formula is C25H23N5O4. The number of pyridine rings is 2. The van der Waals surface area contributed by atoms with E-state index in [9.17, 15) is 4.79 Å². The normalized spacial score (nSPS) is 15.7. The second-order valence-corrected chi connectivity index (χ2v) is 7.64. The molecule has 0 spiro atoms. The smallest absolute Gasteiger partial charge is 0.255 e. The van der Waals surface area contributed by atoms with Crippen LogP contribution in [0.2, 0.25) is 0 Å². The number of methoxy groups -OCH3 is 1. The third-order valence-electron chi connectivity index (χ3n) is 5.44. The second kappa shape index (κ2) is 9.72. The second-order valence-electron chi connectivity index (χ2n) is 7.64. The fourth-order valence-electron chi connectivity index (χ4n) is 3.68. The molecule has 172 valence electrons. The van der Waals surface area contributed by atoms with Crippen molar-refractivity contribution in [1.29, 1.82) is 0 Å². The minimum atomic E-state index is -0.353. The number of nitrogens with zero attached hydrogens (tertiary/aromatic N) is 5. The van der Waals surface area contributed by atoms with Crippen LogP contribution in [0.5, 0.6) is 17.4 Å². The van der Waals surface area contributed by atoms with E-state index in [1.54, 1.807) is 53.5 Å². The van der Waals surface area contributed by atoms with Crippen molar-refractivity contribution in [3.05, 3.63) is 90.5 Å². The molecule has 0 radical (unpaired) electrons. The van der Waals surface area contributed by atoms with Crippen LogP contribution in [0.3, 0.4) is 0 Å². The predicted molar refractivity (Wildman–Crippen MR) is 123 cm³/mol. The maximum Gasteiger partial charge on any atom is 0.255 e. The van der Waals surface area contributed by atoms with Gasteiger partial charge in [0.05, 0.1) is 31.5 Å². The summed E-state index contributed by atoms with van der Waals surface area (Å²) < 4.78 is 18.6. The maximum absolute atomic E-state index is 13.1. The first-order valence-electron chi connectivity index (χ1n) is 10.9. The van der Waals surface area contributed by atoms with E-state index in [0.717, 1.165) is 5.75 Å². The molecule has 34 heavy (non-hydrogen) atoms. The predicted octanol–water partition coefficient (Wildman–Crippen LogP) is 3.68. The Morgan fingerprint density at radius 2 is 1.91 bits per heavy atom. The van der Waals surface area contributed by atoms with Gasteiger partial charge in [-0.1, -0.05) is 6.07 Å². The summed E-state index contributed by atoms with van der Waals surface area (Å²) in [6.45, 7) is 1.30. The Labute approximate surface area is 196 Å². The highest BCUT2D eigenvalue weighted by atomic mass is 16.5. The number of ether oxygens (including phenoxy) is 3. The Morgan fingerprint density at radius 1 is 1.06 bits per heavy atom. The molecule has 0 N–H and O–H groups in total. The van der Waals surface area contributed by atoms with Gasteiger partial charge in [-0.15, -0.1) is 0 Å². The molecule has 1 saturated heterocycles. The number of carbonyl (C=O) groups is 1.